The van der Waals surface area contributed by atoms with Gasteiger partial charge < -0.3 is 5.73 Å². The summed E-state index contributed by atoms with van der Waals surface area (Å²) in [4.78, 5) is 4.57. The quantitative estimate of drug-likeness (QED) is 0.849. The number of rotatable bonds is 2. The Labute approximate surface area is 109 Å². The number of nitrogens with zero attached hydrogens (tertiary/aromatic N) is 1. The molecule has 0 radical (unpaired) electrons. The monoisotopic (exact) mass is 242 g/mol. The van der Waals surface area contributed by atoms with E-state index >= 15 is 0 Å². The van der Waals surface area contributed by atoms with E-state index in [-0.39, 0.29) is 0 Å². The van der Waals surface area contributed by atoms with Crippen molar-refractivity contribution in [2.24, 2.45) is 0 Å². The van der Waals surface area contributed by atoms with Crippen molar-refractivity contribution in [3.05, 3.63) is 34.9 Å². The Hall–Kier alpha value is -1.57. The smallest absolute Gasteiger partial charge is 0.127 e. The fourth-order valence-corrected chi connectivity index (χ4v) is 2.23. The molecule has 0 fully saturated rings. The molecule has 0 amide bonds. The van der Waals surface area contributed by atoms with Crippen LogP contribution in [0.15, 0.2) is 18.2 Å². The molecule has 2 aromatic rings. The maximum Gasteiger partial charge on any atom is 0.127 e. The predicted octanol–water partition coefficient (Wildman–Crippen LogP) is 4.37. The molecule has 0 atom stereocenters. The number of hydrogen-bond donors (Lipinski definition) is 1. The lowest BCUT2D eigenvalue weighted by Gasteiger charge is -2.15. The molecule has 2 nitrogen and oxygen atoms in total. The van der Waals surface area contributed by atoms with E-state index in [9.17, 15) is 0 Å². The van der Waals surface area contributed by atoms with E-state index in [0.717, 1.165) is 11.1 Å². The first-order valence-corrected chi connectivity index (χ1v) is 6.60. The zero-order chi connectivity index (χ0) is 13.4. The number of anilines is 1. The van der Waals surface area contributed by atoms with Crippen molar-refractivity contribution in [1.82, 2.24) is 4.98 Å². The summed E-state index contributed by atoms with van der Waals surface area (Å²) >= 11 is 0. The fourth-order valence-electron chi connectivity index (χ4n) is 2.23. The number of nitrogens with two attached hydrogens (primary N) is 1. The van der Waals surface area contributed by atoms with Gasteiger partial charge in [-0.2, -0.15) is 0 Å². The van der Waals surface area contributed by atoms with Gasteiger partial charge in [-0.25, -0.2) is 4.98 Å². The number of hydrogen-bond acceptors (Lipinski definition) is 2. The molecule has 96 valence electrons. The summed E-state index contributed by atoms with van der Waals surface area (Å²) in [6, 6.07) is 6.67. The van der Waals surface area contributed by atoms with E-state index < -0.39 is 0 Å². The van der Waals surface area contributed by atoms with E-state index in [1.54, 1.807) is 0 Å². The molecule has 0 aliphatic rings. The Morgan fingerprint density at radius 3 is 2.22 bits per heavy atom. The fraction of sp³-hybridized carbons (Fsp3) is 0.438. The standard InChI is InChI=1S/C16H22N2/c1-9(2)12-7-13-6-11(5)16(17)18-15(13)14(8-12)10(3)4/h6-10H,1-5H3,(H2,17,18). The van der Waals surface area contributed by atoms with Gasteiger partial charge in [0.15, 0.2) is 0 Å². The van der Waals surface area contributed by atoms with Crippen molar-refractivity contribution < 1.29 is 0 Å². The summed E-state index contributed by atoms with van der Waals surface area (Å²) in [5.74, 6) is 1.63. The Bertz CT molecular complexity index is 583. The molecule has 0 spiro atoms. The number of aromatic nitrogens is 1. The predicted molar refractivity (Wildman–Crippen MR) is 79.1 cm³/mol. The van der Waals surface area contributed by atoms with Gasteiger partial charge >= 0.3 is 0 Å². The first-order chi connectivity index (χ1) is 8.40. The second-order valence-electron chi connectivity index (χ2n) is 5.68. The van der Waals surface area contributed by atoms with Crippen molar-refractivity contribution in [3.8, 4) is 0 Å². The van der Waals surface area contributed by atoms with E-state index in [1.165, 1.54) is 16.5 Å². The molecular formula is C16H22N2. The lowest BCUT2D eigenvalue weighted by atomic mass is 9.92. The highest BCUT2D eigenvalue weighted by Gasteiger charge is 2.12. The van der Waals surface area contributed by atoms with Crippen molar-refractivity contribution >= 4 is 16.7 Å². The second kappa shape index (κ2) is 4.60. The van der Waals surface area contributed by atoms with Crippen LogP contribution in [-0.4, -0.2) is 4.98 Å². The zero-order valence-electron chi connectivity index (χ0n) is 11.9. The van der Waals surface area contributed by atoms with Crippen LogP contribution in [0, 0.1) is 6.92 Å². The molecule has 1 aromatic heterocycles. The SMILES string of the molecule is Cc1cc2cc(C(C)C)cc(C(C)C)c2nc1N. The van der Waals surface area contributed by atoms with Crippen LogP contribution < -0.4 is 5.73 Å². The average molecular weight is 242 g/mol. The topological polar surface area (TPSA) is 38.9 Å². The third-order valence-electron chi connectivity index (χ3n) is 3.49. The molecule has 0 unspecified atom stereocenters. The third-order valence-corrected chi connectivity index (χ3v) is 3.49. The van der Waals surface area contributed by atoms with Gasteiger partial charge in [-0.1, -0.05) is 33.8 Å². The summed E-state index contributed by atoms with van der Waals surface area (Å²) in [6.45, 7) is 10.9. The minimum atomic E-state index is 0.459. The van der Waals surface area contributed by atoms with Gasteiger partial charge in [0.25, 0.3) is 0 Å². The van der Waals surface area contributed by atoms with Crippen LogP contribution in [0.5, 0.6) is 0 Å². The first kappa shape index (κ1) is 12.9. The van der Waals surface area contributed by atoms with E-state index in [1.807, 2.05) is 6.92 Å². The van der Waals surface area contributed by atoms with Crippen LogP contribution in [0.2, 0.25) is 0 Å². The molecule has 0 aliphatic carbocycles. The van der Waals surface area contributed by atoms with Gasteiger partial charge in [0.2, 0.25) is 0 Å². The maximum absolute atomic E-state index is 5.94. The molecule has 2 N–H and O–H groups in total. The summed E-state index contributed by atoms with van der Waals surface area (Å²) in [7, 11) is 0. The van der Waals surface area contributed by atoms with Gasteiger partial charge in [-0.3, -0.25) is 0 Å². The molecule has 1 aromatic carbocycles. The molecule has 1 heterocycles. The lowest BCUT2D eigenvalue weighted by molar-refractivity contribution is 0.839. The van der Waals surface area contributed by atoms with Crippen LogP contribution in [0.1, 0.15) is 56.2 Å². The summed E-state index contributed by atoms with van der Waals surface area (Å²) in [5, 5.41) is 1.21. The van der Waals surface area contributed by atoms with Gasteiger partial charge in [0.05, 0.1) is 5.52 Å². The van der Waals surface area contributed by atoms with Gasteiger partial charge in [0.1, 0.15) is 5.82 Å². The van der Waals surface area contributed by atoms with Crippen molar-refractivity contribution in [1.29, 1.82) is 0 Å². The summed E-state index contributed by atoms with van der Waals surface area (Å²) in [6.07, 6.45) is 0. The van der Waals surface area contributed by atoms with Crippen LogP contribution in [-0.2, 0) is 0 Å². The second-order valence-corrected chi connectivity index (χ2v) is 5.68. The molecule has 0 saturated heterocycles. The van der Waals surface area contributed by atoms with Gasteiger partial charge in [-0.05, 0) is 47.6 Å². The number of nitrogen functional groups attached to an aromatic ring is 1. The van der Waals surface area contributed by atoms with Crippen LogP contribution >= 0.6 is 0 Å². The van der Waals surface area contributed by atoms with E-state index in [2.05, 4.69) is 50.9 Å². The van der Waals surface area contributed by atoms with Crippen LogP contribution in [0.3, 0.4) is 0 Å². The molecular weight excluding hydrogens is 220 g/mol. The zero-order valence-corrected chi connectivity index (χ0v) is 11.9. The highest BCUT2D eigenvalue weighted by Crippen LogP contribution is 2.30. The molecule has 0 aliphatic heterocycles. The van der Waals surface area contributed by atoms with Crippen molar-refractivity contribution in [2.75, 3.05) is 5.73 Å². The Kier molecular flexibility index (Phi) is 3.29. The minimum Gasteiger partial charge on any atom is -0.383 e. The normalized spacial score (nSPS) is 11.7. The molecule has 0 bridgehead atoms. The van der Waals surface area contributed by atoms with Crippen LogP contribution in [0.4, 0.5) is 5.82 Å². The molecule has 2 rings (SSSR count). The summed E-state index contributed by atoms with van der Waals surface area (Å²) in [5.41, 5.74) is 10.7. The highest BCUT2D eigenvalue weighted by molar-refractivity contribution is 5.85. The van der Waals surface area contributed by atoms with Crippen LogP contribution in [0.25, 0.3) is 10.9 Å². The Morgan fingerprint density at radius 2 is 1.67 bits per heavy atom. The van der Waals surface area contributed by atoms with Gasteiger partial charge in [0, 0.05) is 5.39 Å². The molecule has 0 saturated carbocycles. The number of aryl methyl sites for hydroxylation is 1. The number of fused-ring (bicyclic) bond motifs is 1. The highest BCUT2D eigenvalue weighted by atomic mass is 14.8. The van der Waals surface area contributed by atoms with Gasteiger partial charge in [-0.15, -0.1) is 0 Å². The maximum atomic E-state index is 5.94. The number of benzene rings is 1. The molecule has 18 heavy (non-hydrogen) atoms. The average Bonchev–Trinajstić information content (AvgIpc) is 2.29. The third kappa shape index (κ3) is 2.20. The number of pyridine rings is 1. The van der Waals surface area contributed by atoms with Crippen molar-refractivity contribution in [2.45, 2.75) is 46.5 Å². The van der Waals surface area contributed by atoms with E-state index in [0.29, 0.717) is 17.7 Å². The first-order valence-electron chi connectivity index (χ1n) is 6.60. The summed E-state index contributed by atoms with van der Waals surface area (Å²) < 4.78 is 0. The Balaban J connectivity index is 2.81. The van der Waals surface area contributed by atoms with E-state index in [4.69, 9.17) is 5.73 Å². The molecule has 2 heteroatoms. The Morgan fingerprint density at radius 1 is 1.00 bits per heavy atom. The van der Waals surface area contributed by atoms with Crippen molar-refractivity contribution in [3.63, 3.8) is 0 Å². The minimum absolute atomic E-state index is 0.459. The largest absolute Gasteiger partial charge is 0.383 e. The lowest BCUT2D eigenvalue weighted by Crippen LogP contribution is -2.00.